The van der Waals surface area contributed by atoms with E-state index in [-0.39, 0.29) is 12.6 Å². The number of nitrogens with one attached hydrogen (secondary N) is 1. The molecule has 0 radical (unpaired) electrons. The molecule has 2 heterocycles. The molecule has 0 unspecified atom stereocenters. The molecule has 26 heavy (non-hydrogen) atoms. The van der Waals surface area contributed by atoms with E-state index in [1.165, 1.54) is 11.3 Å². The molecular formula is C20H32N4O2. The number of carbonyl (C=O) groups is 1. The Kier molecular flexibility index (Phi) is 6.74. The van der Waals surface area contributed by atoms with Gasteiger partial charge in [-0.25, -0.2) is 4.79 Å². The molecule has 1 atom stereocenters. The van der Waals surface area contributed by atoms with Crippen LogP contribution in [0.4, 0.5) is 10.5 Å². The van der Waals surface area contributed by atoms with Crippen molar-refractivity contribution in [1.29, 1.82) is 0 Å². The lowest BCUT2D eigenvalue weighted by atomic mass is 10.1. The van der Waals surface area contributed by atoms with Gasteiger partial charge in [-0.3, -0.25) is 4.90 Å². The number of aryl methyl sites for hydroxylation is 1. The fourth-order valence-electron chi connectivity index (χ4n) is 3.87. The number of hydrogen-bond acceptors (Lipinski definition) is 4. The Balaban J connectivity index is 1.38. The third-order valence-corrected chi connectivity index (χ3v) is 5.49. The van der Waals surface area contributed by atoms with E-state index in [9.17, 15) is 4.79 Å². The summed E-state index contributed by atoms with van der Waals surface area (Å²) in [5, 5.41) is 12.0. The van der Waals surface area contributed by atoms with Crippen molar-refractivity contribution in [3.05, 3.63) is 29.8 Å². The number of aliphatic hydroxyl groups excluding tert-OH is 1. The van der Waals surface area contributed by atoms with Gasteiger partial charge < -0.3 is 20.2 Å². The normalized spacial score (nSPS) is 21.2. The summed E-state index contributed by atoms with van der Waals surface area (Å²) in [7, 11) is 0. The average Bonchev–Trinajstić information content (AvgIpc) is 3.14. The van der Waals surface area contributed by atoms with Crippen molar-refractivity contribution in [2.75, 3.05) is 63.9 Å². The van der Waals surface area contributed by atoms with Gasteiger partial charge in [-0.15, -0.1) is 0 Å². The predicted octanol–water partition coefficient (Wildman–Crippen LogP) is 1.53. The van der Waals surface area contributed by atoms with E-state index in [1.807, 2.05) is 4.90 Å². The highest BCUT2D eigenvalue weighted by Crippen LogP contribution is 2.24. The molecule has 0 bridgehead atoms. The third-order valence-electron chi connectivity index (χ3n) is 5.49. The van der Waals surface area contributed by atoms with E-state index in [0.717, 1.165) is 65.2 Å². The van der Waals surface area contributed by atoms with Crippen LogP contribution in [0.3, 0.4) is 0 Å². The predicted molar refractivity (Wildman–Crippen MR) is 105 cm³/mol. The van der Waals surface area contributed by atoms with Crippen LogP contribution in [0.5, 0.6) is 0 Å². The van der Waals surface area contributed by atoms with Crippen molar-refractivity contribution < 1.29 is 9.90 Å². The van der Waals surface area contributed by atoms with Crippen LogP contribution < -0.4 is 10.2 Å². The summed E-state index contributed by atoms with van der Waals surface area (Å²) < 4.78 is 0. The maximum absolute atomic E-state index is 12.4. The summed E-state index contributed by atoms with van der Waals surface area (Å²) in [5.74, 6) is 0.519. The molecule has 2 saturated heterocycles. The quantitative estimate of drug-likeness (QED) is 0.808. The summed E-state index contributed by atoms with van der Waals surface area (Å²) in [5.41, 5.74) is 2.58. The molecule has 0 aromatic heterocycles. The summed E-state index contributed by atoms with van der Waals surface area (Å²) >= 11 is 0. The Bertz CT molecular complexity index is 587. The van der Waals surface area contributed by atoms with E-state index in [4.69, 9.17) is 5.11 Å². The van der Waals surface area contributed by atoms with Gasteiger partial charge >= 0.3 is 6.03 Å². The van der Waals surface area contributed by atoms with Gasteiger partial charge in [0.05, 0.1) is 0 Å². The lowest BCUT2D eigenvalue weighted by molar-refractivity contribution is 0.132. The van der Waals surface area contributed by atoms with Gasteiger partial charge in [-0.1, -0.05) is 12.1 Å². The first kappa shape index (κ1) is 19.0. The average molecular weight is 361 g/mol. The first-order chi connectivity index (χ1) is 12.7. The van der Waals surface area contributed by atoms with Gasteiger partial charge in [0.1, 0.15) is 0 Å². The van der Waals surface area contributed by atoms with E-state index in [1.54, 1.807) is 0 Å². The molecule has 144 valence electrons. The zero-order valence-corrected chi connectivity index (χ0v) is 15.9. The second-order valence-corrected chi connectivity index (χ2v) is 7.53. The van der Waals surface area contributed by atoms with Gasteiger partial charge in [-0.05, 0) is 43.4 Å². The van der Waals surface area contributed by atoms with E-state index < -0.39 is 0 Å². The molecule has 0 saturated carbocycles. The third kappa shape index (κ3) is 5.11. The molecule has 2 fully saturated rings. The first-order valence-corrected chi connectivity index (χ1v) is 9.83. The number of aliphatic hydroxyl groups is 1. The molecular weight excluding hydrogens is 328 g/mol. The summed E-state index contributed by atoms with van der Waals surface area (Å²) in [6.07, 6.45) is 1.94. The Morgan fingerprint density at radius 3 is 2.77 bits per heavy atom. The Morgan fingerprint density at radius 1 is 1.23 bits per heavy atom. The van der Waals surface area contributed by atoms with Gasteiger partial charge in [0.15, 0.2) is 0 Å². The van der Waals surface area contributed by atoms with E-state index in [2.05, 4.69) is 46.3 Å². The van der Waals surface area contributed by atoms with Crippen LogP contribution in [-0.4, -0.2) is 79.9 Å². The molecule has 2 aliphatic rings. The van der Waals surface area contributed by atoms with Gasteiger partial charge in [0.25, 0.3) is 0 Å². The number of nitrogens with zero attached hydrogens (tertiary/aromatic N) is 3. The molecule has 6 nitrogen and oxygen atoms in total. The van der Waals surface area contributed by atoms with Crippen LogP contribution in [0.15, 0.2) is 24.3 Å². The zero-order chi connectivity index (χ0) is 18.4. The minimum atomic E-state index is 0.0702. The van der Waals surface area contributed by atoms with Crippen molar-refractivity contribution in [2.24, 2.45) is 5.92 Å². The fraction of sp³-hybridized carbons (Fsp3) is 0.650. The largest absolute Gasteiger partial charge is 0.396 e. The summed E-state index contributed by atoms with van der Waals surface area (Å²) in [6, 6.07) is 8.71. The number of rotatable bonds is 6. The van der Waals surface area contributed by atoms with Crippen molar-refractivity contribution in [3.63, 3.8) is 0 Å². The lowest BCUT2D eigenvalue weighted by Crippen LogP contribution is -2.52. The second kappa shape index (κ2) is 9.24. The first-order valence-electron chi connectivity index (χ1n) is 9.83. The highest BCUT2D eigenvalue weighted by molar-refractivity contribution is 5.74. The molecule has 0 spiro atoms. The van der Waals surface area contributed by atoms with Crippen molar-refractivity contribution >= 4 is 11.7 Å². The number of amides is 2. The maximum atomic E-state index is 12.4. The maximum Gasteiger partial charge on any atom is 0.317 e. The summed E-state index contributed by atoms with van der Waals surface area (Å²) in [6.45, 7) is 9.47. The number of piperazine rings is 1. The molecule has 6 heteroatoms. The smallest absolute Gasteiger partial charge is 0.317 e. The fourth-order valence-corrected chi connectivity index (χ4v) is 3.87. The number of carbonyl (C=O) groups excluding carboxylic acids is 1. The minimum Gasteiger partial charge on any atom is -0.396 e. The highest BCUT2D eigenvalue weighted by atomic mass is 16.3. The zero-order valence-electron chi connectivity index (χ0n) is 15.9. The lowest BCUT2D eigenvalue weighted by Gasteiger charge is -2.34. The number of urea groups is 1. The van der Waals surface area contributed by atoms with Gasteiger partial charge in [-0.2, -0.15) is 0 Å². The Morgan fingerprint density at radius 2 is 2.04 bits per heavy atom. The number of hydrogen-bond donors (Lipinski definition) is 2. The standard InChI is InChI=1S/C20H32N4O2/c1-17-4-2-5-19(14-17)24-8-6-18(16-24)15-21-20(26)23-11-9-22(10-12-23)7-3-13-25/h2,4-5,14,18,25H,3,6-13,15-16H2,1H3,(H,21,26)/t18-/m0/s1. The molecule has 2 amide bonds. The van der Waals surface area contributed by atoms with Gasteiger partial charge in [0.2, 0.25) is 0 Å². The molecule has 0 aliphatic carbocycles. The summed E-state index contributed by atoms with van der Waals surface area (Å²) in [4.78, 5) is 19.1. The van der Waals surface area contributed by atoms with Crippen LogP contribution in [0, 0.1) is 12.8 Å². The van der Waals surface area contributed by atoms with Crippen molar-refractivity contribution in [3.8, 4) is 0 Å². The van der Waals surface area contributed by atoms with E-state index >= 15 is 0 Å². The van der Waals surface area contributed by atoms with Crippen LogP contribution in [0.25, 0.3) is 0 Å². The minimum absolute atomic E-state index is 0.0702. The van der Waals surface area contributed by atoms with Crippen LogP contribution in [0.1, 0.15) is 18.4 Å². The molecule has 1 aromatic carbocycles. The molecule has 1 aromatic rings. The molecule has 2 aliphatic heterocycles. The Labute approximate surface area is 156 Å². The SMILES string of the molecule is Cc1cccc(N2CC[C@@H](CNC(=O)N3CCN(CCCO)CC3)C2)c1. The van der Waals surface area contributed by atoms with Gasteiger partial charge in [0, 0.05) is 64.7 Å². The highest BCUT2D eigenvalue weighted by Gasteiger charge is 2.25. The van der Waals surface area contributed by atoms with E-state index in [0.29, 0.717) is 5.92 Å². The molecule has 2 N–H and O–H groups in total. The second-order valence-electron chi connectivity index (χ2n) is 7.53. The van der Waals surface area contributed by atoms with Crippen molar-refractivity contribution in [2.45, 2.75) is 19.8 Å². The number of benzene rings is 1. The van der Waals surface area contributed by atoms with Crippen LogP contribution in [-0.2, 0) is 0 Å². The molecule has 3 rings (SSSR count). The van der Waals surface area contributed by atoms with Crippen molar-refractivity contribution in [1.82, 2.24) is 15.1 Å². The van der Waals surface area contributed by atoms with Crippen LogP contribution in [0.2, 0.25) is 0 Å². The Hall–Kier alpha value is -1.79. The van der Waals surface area contributed by atoms with Crippen LogP contribution >= 0.6 is 0 Å². The topological polar surface area (TPSA) is 59.1 Å². The number of anilines is 1. The monoisotopic (exact) mass is 360 g/mol.